The van der Waals surface area contributed by atoms with E-state index in [2.05, 4.69) is 9.97 Å². The lowest BCUT2D eigenvalue weighted by atomic mass is 10.1. The van der Waals surface area contributed by atoms with Crippen LogP contribution in [0.2, 0.25) is 0 Å². The van der Waals surface area contributed by atoms with Gasteiger partial charge in [0.1, 0.15) is 5.56 Å². The minimum atomic E-state index is -1.19. The maximum Gasteiger partial charge on any atom is 0.304 e. The number of nitrogens with zero attached hydrogens (tertiary/aromatic N) is 3. The number of anilines is 2. The topological polar surface area (TPSA) is 122 Å². The number of esters is 1. The lowest BCUT2D eigenvalue weighted by molar-refractivity contribution is -0.151. The number of nitrogen functional groups attached to an aromatic ring is 1. The average Bonchev–Trinajstić information content (AvgIpc) is 2.30. The van der Waals surface area contributed by atoms with E-state index in [9.17, 15) is 14.4 Å². The molecule has 3 N–H and O–H groups in total. The third-order valence-corrected chi connectivity index (χ3v) is 2.79. The summed E-state index contributed by atoms with van der Waals surface area (Å²) in [6.45, 7) is 1.18. The van der Waals surface area contributed by atoms with E-state index in [-0.39, 0.29) is 17.3 Å². The van der Waals surface area contributed by atoms with Crippen LogP contribution in [0.25, 0.3) is 0 Å². The van der Waals surface area contributed by atoms with E-state index in [1.165, 1.54) is 24.0 Å². The van der Waals surface area contributed by atoms with Gasteiger partial charge in [-0.05, 0) is 0 Å². The van der Waals surface area contributed by atoms with Gasteiger partial charge >= 0.3 is 5.97 Å². The van der Waals surface area contributed by atoms with Gasteiger partial charge in [-0.3, -0.25) is 24.4 Å². The molecule has 102 valence electrons. The molecule has 0 aromatic carbocycles. The fourth-order valence-electron chi connectivity index (χ4n) is 1.82. The lowest BCUT2D eigenvalue weighted by Gasteiger charge is -2.38. The molecule has 1 unspecified atom stereocenters. The minimum Gasteiger partial charge on any atom is -0.437 e. The predicted molar refractivity (Wildman–Crippen MR) is 65.3 cm³/mol. The molecular formula is C10H13N5O4. The highest BCUT2D eigenvalue weighted by molar-refractivity contribution is 6.05. The Labute approximate surface area is 107 Å². The number of aromatic nitrogens is 2. The largest absolute Gasteiger partial charge is 0.437 e. The summed E-state index contributed by atoms with van der Waals surface area (Å²) in [4.78, 5) is 41.2. The fourth-order valence-corrected chi connectivity index (χ4v) is 1.82. The summed E-state index contributed by atoms with van der Waals surface area (Å²) < 4.78 is 4.91. The number of carbonyl (C=O) groups is 2. The number of H-pyrrole nitrogens is 1. The van der Waals surface area contributed by atoms with Gasteiger partial charge in [0.15, 0.2) is 5.82 Å². The number of nitrogens with one attached hydrogen (secondary N) is 1. The van der Waals surface area contributed by atoms with E-state index in [1.807, 2.05) is 0 Å². The van der Waals surface area contributed by atoms with Gasteiger partial charge in [0.25, 0.3) is 5.56 Å². The molecule has 0 radical (unpaired) electrons. The van der Waals surface area contributed by atoms with Crippen molar-refractivity contribution in [3.05, 3.63) is 15.9 Å². The second-order valence-corrected chi connectivity index (χ2v) is 4.07. The zero-order valence-corrected chi connectivity index (χ0v) is 10.6. The number of hydrazine groups is 1. The summed E-state index contributed by atoms with van der Waals surface area (Å²) in [7, 11) is 3.11. The average molecular weight is 267 g/mol. The van der Waals surface area contributed by atoms with Crippen LogP contribution in [0.1, 0.15) is 17.3 Å². The van der Waals surface area contributed by atoms with Crippen molar-refractivity contribution in [2.24, 2.45) is 0 Å². The summed E-state index contributed by atoms with van der Waals surface area (Å²) in [5.74, 6) is -1.23. The quantitative estimate of drug-likeness (QED) is 0.603. The third kappa shape index (κ3) is 2.03. The Hall–Kier alpha value is -2.42. The van der Waals surface area contributed by atoms with Crippen molar-refractivity contribution in [1.29, 1.82) is 0 Å². The molecule has 0 aliphatic carbocycles. The van der Waals surface area contributed by atoms with Crippen molar-refractivity contribution < 1.29 is 14.3 Å². The van der Waals surface area contributed by atoms with Gasteiger partial charge in [0, 0.05) is 21.0 Å². The first-order chi connectivity index (χ1) is 8.82. The van der Waals surface area contributed by atoms with E-state index < -0.39 is 23.5 Å². The number of rotatable bonds is 1. The van der Waals surface area contributed by atoms with Gasteiger partial charge in [0.05, 0.1) is 0 Å². The Balaban J connectivity index is 2.58. The first-order valence-corrected chi connectivity index (χ1v) is 5.40. The van der Waals surface area contributed by atoms with Crippen molar-refractivity contribution in [3.63, 3.8) is 0 Å². The molecule has 0 fully saturated rings. The Morgan fingerprint density at radius 1 is 1.42 bits per heavy atom. The molecule has 19 heavy (non-hydrogen) atoms. The number of carbonyl (C=O) groups excluding carboxylic acids is 2. The van der Waals surface area contributed by atoms with Crippen LogP contribution in [0.4, 0.5) is 11.8 Å². The summed E-state index contributed by atoms with van der Waals surface area (Å²) in [5, 5.41) is 2.79. The molecule has 2 rings (SSSR count). The van der Waals surface area contributed by atoms with Crippen LogP contribution in [0, 0.1) is 0 Å². The smallest absolute Gasteiger partial charge is 0.304 e. The van der Waals surface area contributed by atoms with Gasteiger partial charge in [-0.15, -0.1) is 0 Å². The normalized spacial score (nSPS) is 19.2. The van der Waals surface area contributed by atoms with Crippen molar-refractivity contribution in [3.8, 4) is 0 Å². The van der Waals surface area contributed by atoms with Crippen molar-refractivity contribution >= 4 is 23.5 Å². The number of hydrogen-bond donors (Lipinski definition) is 2. The summed E-state index contributed by atoms with van der Waals surface area (Å²) in [6.07, 6.45) is -1.19. The van der Waals surface area contributed by atoms with Crippen molar-refractivity contribution in [2.75, 3.05) is 24.8 Å². The van der Waals surface area contributed by atoms with Gasteiger partial charge in [-0.2, -0.15) is 9.99 Å². The molecule has 0 bridgehead atoms. The Morgan fingerprint density at radius 3 is 2.63 bits per heavy atom. The molecule has 1 aliphatic heterocycles. The first-order valence-electron chi connectivity index (χ1n) is 5.40. The maximum absolute atomic E-state index is 12.2. The molecule has 1 aromatic rings. The molecule has 0 saturated carbocycles. The number of fused-ring (bicyclic) bond motifs is 1. The lowest BCUT2D eigenvalue weighted by Crippen LogP contribution is -2.56. The molecule has 9 heteroatoms. The van der Waals surface area contributed by atoms with Gasteiger partial charge < -0.3 is 10.5 Å². The van der Waals surface area contributed by atoms with Crippen LogP contribution in [0.5, 0.6) is 0 Å². The summed E-state index contributed by atoms with van der Waals surface area (Å²) >= 11 is 0. The Bertz CT molecular complexity index is 610. The second-order valence-electron chi connectivity index (χ2n) is 4.07. The molecular weight excluding hydrogens is 254 g/mol. The van der Waals surface area contributed by atoms with E-state index >= 15 is 0 Å². The highest BCUT2D eigenvalue weighted by Gasteiger charge is 2.40. The maximum atomic E-state index is 12.2. The Morgan fingerprint density at radius 2 is 2.05 bits per heavy atom. The third-order valence-electron chi connectivity index (χ3n) is 2.79. The van der Waals surface area contributed by atoms with Crippen LogP contribution in [0.15, 0.2) is 4.79 Å². The number of ketones is 1. The fraction of sp³-hybridized carbons (Fsp3) is 0.400. The monoisotopic (exact) mass is 267 g/mol. The zero-order chi connectivity index (χ0) is 14.3. The molecule has 0 spiro atoms. The zero-order valence-electron chi connectivity index (χ0n) is 10.6. The molecule has 0 saturated heterocycles. The van der Waals surface area contributed by atoms with Crippen LogP contribution in [-0.2, 0) is 9.53 Å². The predicted octanol–water partition coefficient (Wildman–Crippen LogP) is -1.28. The molecule has 2 heterocycles. The van der Waals surface area contributed by atoms with Crippen molar-refractivity contribution in [2.45, 2.75) is 13.2 Å². The SMILES string of the molecule is CC(=O)OC1C(=O)c2c(nc(N)[nH]c2=O)N(C)N1C. The van der Waals surface area contributed by atoms with E-state index in [1.54, 1.807) is 7.05 Å². The first kappa shape index (κ1) is 13.0. The Kier molecular flexibility index (Phi) is 2.98. The molecule has 1 aliphatic rings. The van der Waals surface area contributed by atoms with Gasteiger partial charge in [-0.1, -0.05) is 0 Å². The van der Waals surface area contributed by atoms with E-state index in [0.717, 1.165) is 0 Å². The van der Waals surface area contributed by atoms with Crippen LogP contribution in [0.3, 0.4) is 0 Å². The van der Waals surface area contributed by atoms with Gasteiger partial charge in [0.2, 0.25) is 18.0 Å². The number of ether oxygens (including phenoxy) is 1. The van der Waals surface area contributed by atoms with E-state index in [4.69, 9.17) is 10.5 Å². The highest BCUT2D eigenvalue weighted by atomic mass is 16.6. The van der Waals surface area contributed by atoms with Crippen LogP contribution in [-0.4, -0.2) is 47.1 Å². The second kappa shape index (κ2) is 4.35. The number of Topliss-reactive ketones (excluding diaryl/α,β-unsaturated/α-hetero) is 1. The minimum absolute atomic E-state index is 0.0947. The molecule has 0 amide bonds. The summed E-state index contributed by atoms with van der Waals surface area (Å²) in [5.41, 5.74) is 4.60. The standard InChI is InChI=1S/C10H13N5O4/c1-4(16)19-9-6(17)5-7(14(2)15(9)3)12-10(11)13-8(5)18/h9H,1-3H3,(H3,11,12,13,18). The van der Waals surface area contributed by atoms with Crippen LogP contribution >= 0.6 is 0 Å². The number of nitrogens with two attached hydrogens (primary N) is 1. The number of likely N-dealkylation sites (N-methyl/N-ethyl adjacent to an activating group) is 1. The number of aromatic amines is 1. The van der Waals surface area contributed by atoms with Crippen molar-refractivity contribution in [1.82, 2.24) is 15.0 Å². The molecule has 1 aromatic heterocycles. The highest BCUT2D eigenvalue weighted by Crippen LogP contribution is 2.25. The van der Waals surface area contributed by atoms with E-state index in [0.29, 0.717) is 0 Å². The summed E-state index contributed by atoms with van der Waals surface area (Å²) in [6, 6.07) is 0. The molecule has 9 nitrogen and oxygen atoms in total. The molecule has 1 atom stereocenters. The van der Waals surface area contributed by atoms with Crippen LogP contribution < -0.4 is 16.3 Å². The number of hydrogen-bond acceptors (Lipinski definition) is 8. The van der Waals surface area contributed by atoms with Gasteiger partial charge in [-0.25, -0.2) is 0 Å².